The molecule has 0 heterocycles. The Morgan fingerprint density at radius 1 is 0.737 bits per heavy atom. The highest BCUT2D eigenvalue weighted by atomic mass is 35.5. The van der Waals surface area contributed by atoms with Crippen molar-refractivity contribution in [1.29, 1.82) is 0 Å². The molecule has 0 aliphatic rings. The molecular formula is C14H5Cl2F3. The second-order valence-electron chi connectivity index (χ2n) is 3.56. The lowest BCUT2D eigenvalue weighted by Gasteiger charge is -2.04. The van der Waals surface area contributed by atoms with Crippen molar-refractivity contribution in [3.8, 4) is 11.8 Å². The Labute approximate surface area is 117 Å². The number of rotatable bonds is 0. The van der Waals surface area contributed by atoms with Crippen molar-refractivity contribution in [2.75, 3.05) is 0 Å². The van der Waals surface area contributed by atoms with Crippen LogP contribution in [0.3, 0.4) is 0 Å². The van der Waals surface area contributed by atoms with E-state index < -0.39 is 33.1 Å². The highest BCUT2D eigenvalue weighted by Gasteiger charge is 2.21. The zero-order valence-electron chi connectivity index (χ0n) is 9.28. The van der Waals surface area contributed by atoms with Crippen molar-refractivity contribution < 1.29 is 13.2 Å². The predicted octanol–water partition coefficient (Wildman–Crippen LogP) is 4.81. The molecule has 2 rings (SSSR count). The molecule has 96 valence electrons. The first kappa shape index (κ1) is 13.8. The molecule has 0 bridgehead atoms. The van der Waals surface area contributed by atoms with Crippen LogP contribution in [0.4, 0.5) is 13.2 Å². The van der Waals surface area contributed by atoms with Crippen LogP contribution in [0.2, 0.25) is 10.0 Å². The first-order valence-corrected chi connectivity index (χ1v) is 5.86. The molecule has 0 radical (unpaired) electrons. The molecular weight excluding hydrogens is 296 g/mol. The molecule has 0 saturated heterocycles. The smallest absolute Gasteiger partial charge is 0.166 e. The highest BCUT2D eigenvalue weighted by molar-refractivity contribution is 6.35. The normalized spacial score (nSPS) is 9.95. The summed E-state index contributed by atoms with van der Waals surface area (Å²) >= 11 is 10.7. The summed E-state index contributed by atoms with van der Waals surface area (Å²) in [6.45, 7) is 0. The molecule has 2 aromatic rings. The van der Waals surface area contributed by atoms with Gasteiger partial charge in [-0.2, -0.15) is 0 Å². The SMILES string of the molecule is Fc1c(Cl)c(F)c(C#Cc2ccccc2)c(F)c1Cl. The van der Waals surface area contributed by atoms with Gasteiger partial charge in [0.15, 0.2) is 17.5 Å². The summed E-state index contributed by atoms with van der Waals surface area (Å²) < 4.78 is 40.5. The predicted molar refractivity (Wildman–Crippen MR) is 68.8 cm³/mol. The first-order valence-electron chi connectivity index (χ1n) is 5.11. The molecule has 0 atom stereocenters. The summed E-state index contributed by atoms with van der Waals surface area (Å²) in [7, 11) is 0. The number of benzene rings is 2. The Bertz CT molecular complexity index is 656. The molecule has 0 aliphatic carbocycles. The minimum Gasteiger partial charge on any atom is -0.204 e. The Hall–Kier alpha value is -1.63. The largest absolute Gasteiger partial charge is 0.204 e. The Morgan fingerprint density at radius 3 is 1.79 bits per heavy atom. The maximum Gasteiger partial charge on any atom is 0.166 e. The van der Waals surface area contributed by atoms with Gasteiger partial charge < -0.3 is 0 Å². The van der Waals surface area contributed by atoms with Crippen LogP contribution in [-0.2, 0) is 0 Å². The van der Waals surface area contributed by atoms with E-state index in [0.717, 1.165) is 0 Å². The lowest BCUT2D eigenvalue weighted by molar-refractivity contribution is 0.540. The van der Waals surface area contributed by atoms with E-state index in [2.05, 4.69) is 11.8 Å². The van der Waals surface area contributed by atoms with Crippen LogP contribution in [0.25, 0.3) is 0 Å². The van der Waals surface area contributed by atoms with Crippen molar-refractivity contribution in [2.45, 2.75) is 0 Å². The summed E-state index contributed by atoms with van der Waals surface area (Å²) in [5, 5.41) is -1.74. The average molecular weight is 301 g/mol. The second kappa shape index (κ2) is 5.56. The van der Waals surface area contributed by atoms with Gasteiger partial charge in [-0.15, -0.1) is 0 Å². The summed E-state index contributed by atoms with van der Waals surface area (Å²) in [5.41, 5.74) is -0.0990. The van der Waals surface area contributed by atoms with Gasteiger partial charge in [0, 0.05) is 5.56 Å². The van der Waals surface area contributed by atoms with E-state index in [0.29, 0.717) is 5.56 Å². The molecule has 0 spiro atoms. The fourth-order valence-corrected chi connectivity index (χ4v) is 1.80. The zero-order chi connectivity index (χ0) is 14.0. The van der Waals surface area contributed by atoms with Crippen molar-refractivity contribution in [3.05, 3.63) is 69.0 Å². The number of hydrogen-bond acceptors (Lipinski definition) is 0. The Balaban J connectivity index is 2.57. The number of hydrogen-bond donors (Lipinski definition) is 0. The second-order valence-corrected chi connectivity index (χ2v) is 4.32. The Kier molecular flexibility index (Phi) is 4.04. The van der Waals surface area contributed by atoms with Crippen LogP contribution in [0.15, 0.2) is 30.3 Å². The van der Waals surface area contributed by atoms with E-state index in [1.807, 2.05) is 0 Å². The molecule has 0 aliphatic heterocycles. The lowest BCUT2D eigenvalue weighted by atomic mass is 10.1. The van der Waals surface area contributed by atoms with E-state index in [4.69, 9.17) is 23.2 Å². The Morgan fingerprint density at radius 2 is 1.26 bits per heavy atom. The number of halogens is 5. The van der Waals surface area contributed by atoms with Crippen LogP contribution >= 0.6 is 23.2 Å². The summed E-state index contributed by atoms with van der Waals surface area (Å²) in [4.78, 5) is 0. The van der Waals surface area contributed by atoms with Gasteiger partial charge in [-0.05, 0) is 12.1 Å². The molecule has 0 saturated carbocycles. The summed E-state index contributed by atoms with van der Waals surface area (Å²) in [6.07, 6.45) is 0. The maximum absolute atomic E-state index is 13.6. The third kappa shape index (κ3) is 2.70. The van der Waals surface area contributed by atoms with E-state index in [1.54, 1.807) is 30.3 Å². The molecule has 0 aromatic heterocycles. The van der Waals surface area contributed by atoms with Gasteiger partial charge in [-0.1, -0.05) is 53.2 Å². The van der Waals surface area contributed by atoms with E-state index in [-0.39, 0.29) is 0 Å². The van der Waals surface area contributed by atoms with E-state index >= 15 is 0 Å². The molecule has 0 amide bonds. The quantitative estimate of drug-likeness (QED) is 0.372. The minimum absolute atomic E-state index is 0.554. The van der Waals surface area contributed by atoms with Gasteiger partial charge in [-0.25, -0.2) is 13.2 Å². The van der Waals surface area contributed by atoms with E-state index in [1.165, 1.54) is 0 Å². The van der Waals surface area contributed by atoms with Gasteiger partial charge >= 0.3 is 0 Å². The summed E-state index contributed by atoms with van der Waals surface area (Å²) in [6, 6.07) is 8.55. The van der Waals surface area contributed by atoms with Gasteiger partial charge in [0.05, 0.1) is 5.56 Å². The zero-order valence-corrected chi connectivity index (χ0v) is 10.8. The van der Waals surface area contributed by atoms with Gasteiger partial charge in [0.1, 0.15) is 10.0 Å². The van der Waals surface area contributed by atoms with Gasteiger partial charge in [-0.3, -0.25) is 0 Å². The molecule has 0 fully saturated rings. The van der Waals surface area contributed by atoms with Crippen molar-refractivity contribution in [2.24, 2.45) is 0 Å². The van der Waals surface area contributed by atoms with Gasteiger partial charge in [0.2, 0.25) is 0 Å². The van der Waals surface area contributed by atoms with Crippen LogP contribution in [0.5, 0.6) is 0 Å². The molecule has 0 N–H and O–H groups in total. The van der Waals surface area contributed by atoms with E-state index in [9.17, 15) is 13.2 Å². The first-order chi connectivity index (χ1) is 9.02. The maximum atomic E-state index is 13.6. The van der Waals surface area contributed by atoms with Crippen LogP contribution < -0.4 is 0 Å². The molecule has 19 heavy (non-hydrogen) atoms. The minimum atomic E-state index is -1.33. The fourth-order valence-electron chi connectivity index (χ4n) is 1.37. The van der Waals surface area contributed by atoms with Crippen LogP contribution in [0, 0.1) is 29.3 Å². The molecule has 0 nitrogen and oxygen atoms in total. The van der Waals surface area contributed by atoms with Crippen LogP contribution in [0.1, 0.15) is 11.1 Å². The third-order valence-corrected chi connectivity index (χ3v) is 2.98. The fraction of sp³-hybridized carbons (Fsp3) is 0. The molecule has 5 heteroatoms. The third-order valence-electron chi connectivity index (χ3n) is 2.32. The monoisotopic (exact) mass is 300 g/mol. The highest BCUT2D eigenvalue weighted by Crippen LogP contribution is 2.31. The summed E-state index contributed by atoms with van der Waals surface area (Å²) in [5.74, 6) is 0.968. The average Bonchev–Trinajstić information content (AvgIpc) is 2.44. The lowest BCUT2D eigenvalue weighted by Crippen LogP contribution is -1.97. The molecule has 0 unspecified atom stereocenters. The molecule has 2 aromatic carbocycles. The van der Waals surface area contributed by atoms with Crippen molar-refractivity contribution >= 4 is 23.2 Å². The van der Waals surface area contributed by atoms with Crippen LogP contribution in [-0.4, -0.2) is 0 Å². The van der Waals surface area contributed by atoms with Crippen molar-refractivity contribution in [1.82, 2.24) is 0 Å². The van der Waals surface area contributed by atoms with Gasteiger partial charge in [0.25, 0.3) is 0 Å². The topological polar surface area (TPSA) is 0 Å². The standard InChI is InChI=1S/C14H5Cl2F3/c15-10-12(17)9(13(18)11(16)14(10)19)7-6-8-4-2-1-3-5-8/h1-5H. The van der Waals surface area contributed by atoms with Crippen molar-refractivity contribution in [3.63, 3.8) is 0 Å².